The maximum atomic E-state index is 13.2. The minimum absolute atomic E-state index is 0.00952. The van der Waals surface area contributed by atoms with Gasteiger partial charge >= 0.3 is 5.69 Å². The molecule has 2 aromatic carbocycles. The van der Waals surface area contributed by atoms with Gasteiger partial charge in [0.2, 0.25) is 17.6 Å². The van der Waals surface area contributed by atoms with Gasteiger partial charge < -0.3 is 9.84 Å². The van der Waals surface area contributed by atoms with E-state index in [2.05, 4.69) is 27.6 Å². The Bertz CT molecular complexity index is 1320. The summed E-state index contributed by atoms with van der Waals surface area (Å²) in [5.74, 6) is 0.720. The summed E-state index contributed by atoms with van der Waals surface area (Å²) in [6, 6.07) is 15.7. The van der Waals surface area contributed by atoms with E-state index < -0.39 is 0 Å². The van der Waals surface area contributed by atoms with E-state index in [1.807, 2.05) is 57.2 Å². The lowest BCUT2D eigenvalue weighted by Gasteiger charge is -2.14. The third-order valence-corrected chi connectivity index (χ3v) is 5.68. The number of nitrogens with one attached hydrogen (secondary N) is 1. The molecule has 33 heavy (non-hydrogen) atoms. The van der Waals surface area contributed by atoms with Gasteiger partial charge in [-0.3, -0.25) is 13.9 Å². The number of fused-ring (bicyclic) bond motifs is 1. The maximum absolute atomic E-state index is 13.2. The van der Waals surface area contributed by atoms with Crippen LogP contribution in [0.2, 0.25) is 0 Å². The summed E-state index contributed by atoms with van der Waals surface area (Å²) in [5.41, 5.74) is 3.18. The number of carbonyl (C=O) groups is 1. The maximum Gasteiger partial charge on any atom is 0.329 e. The van der Waals surface area contributed by atoms with E-state index in [0.29, 0.717) is 17.2 Å². The summed E-state index contributed by atoms with van der Waals surface area (Å²) >= 11 is 0. The van der Waals surface area contributed by atoms with Gasteiger partial charge in [-0.2, -0.15) is 4.98 Å². The van der Waals surface area contributed by atoms with Crippen molar-refractivity contribution in [2.75, 3.05) is 0 Å². The van der Waals surface area contributed by atoms with Crippen LogP contribution in [0, 0.1) is 6.92 Å². The zero-order valence-corrected chi connectivity index (χ0v) is 19.4. The van der Waals surface area contributed by atoms with Crippen molar-refractivity contribution in [3.8, 4) is 11.4 Å². The Morgan fingerprint density at radius 3 is 2.52 bits per heavy atom. The van der Waals surface area contributed by atoms with Crippen LogP contribution in [0.1, 0.15) is 44.7 Å². The minimum atomic E-state index is -0.214. The van der Waals surface area contributed by atoms with Crippen LogP contribution < -0.4 is 11.0 Å². The standard InChI is InChI=1S/C25H29N5O3/c1-16(2)30-21-13-12-20(24-27-18(4)33-28-24)14-22(21)29(25(30)32)15-23(31)26-17(3)10-11-19-8-6-5-7-9-19/h5-9,12-14,16-17H,10-11,15H2,1-4H3,(H,26,31)/t17-/m0/s1. The fourth-order valence-corrected chi connectivity index (χ4v) is 4.05. The van der Waals surface area contributed by atoms with E-state index in [9.17, 15) is 9.59 Å². The van der Waals surface area contributed by atoms with Crippen LogP contribution in [0.25, 0.3) is 22.4 Å². The van der Waals surface area contributed by atoms with Gasteiger partial charge in [-0.05, 0) is 57.4 Å². The van der Waals surface area contributed by atoms with Crippen LogP contribution in [-0.4, -0.2) is 31.2 Å². The Balaban J connectivity index is 1.57. The number of amides is 1. The second-order valence-corrected chi connectivity index (χ2v) is 8.67. The highest BCUT2D eigenvalue weighted by Crippen LogP contribution is 2.24. The minimum Gasteiger partial charge on any atom is -0.352 e. The van der Waals surface area contributed by atoms with Crippen LogP contribution in [0.15, 0.2) is 57.8 Å². The van der Waals surface area contributed by atoms with Crippen molar-refractivity contribution in [1.82, 2.24) is 24.6 Å². The molecule has 0 aliphatic rings. The molecule has 0 unspecified atom stereocenters. The van der Waals surface area contributed by atoms with Crippen LogP contribution in [-0.2, 0) is 17.8 Å². The van der Waals surface area contributed by atoms with E-state index in [-0.39, 0.29) is 30.2 Å². The van der Waals surface area contributed by atoms with Crippen LogP contribution in [0.3, 0.4) is 0 Å². The number of rotatable bonds is 8. The average Bonchev–Trinajstić information content (AvgIpc) is 3.34. The molecule has 4 aromatic rings. The molecule has 0 aliphatic heterocycles. The fourth-order valence-electron chi connectivity index (χ4n) is 4.05. The van der Waals surface area contributed by atoms with Crippen LogP contribution in [0.5, 0.6) is 0 Å². The highest BCUT2D eigenvalue weighted by atomic mass is 16.5. The molecular weight excluding hydrogens is 418 g/mol. The van der Waals surface area contributed by atoms with Gasteiger partial charge in [0.1, 0.15) is 6.54 Å². The van der Waals surface area contributed by atoms with Gasteiger partial charge in [-0.1, -0.05) is 35.5 Å². The molecule has 172 valence electrons. The molecule has 0 aliphatic carbocycles. The van der Waals surface area contributed by atoms with Crippen molar-refractivity contribution in [2.45, 2.75) is 59.2 Å². The molecule has 0 fully saturated rings. The number of hydrogen-bond donors (Lipinski definition) is 1. The number of aromatic nitrogens is 4. The third-order valence-electron chi connectivity index (χ3n) is 5.68. The van der Waals surface area contributed by atoms with Crippen LogP contribution >= 0.6 is 0 Å². The largest absolute Gasteiger partial charge is 0.352 e. The number of nitrogens with zero attached hydrogens (tertiary/aromatic N) is 4. The molecule has 1 amide bonds. The fraction of sp³-hybridized carbons (Fsp3) is 0.360. The molecule has 1 N–H and O–H groups in total. The predicted molar refractivity (Wildman–Crippen MR) is 127 cm³/mol. The Hall–Kier alpha value is -3.68. The SMILES string of the molecule is Cc1nc(-c2ccc3c(c2)n(CC(=O)N[C@@H](C)CCc2ccccc2)c(=O)n3C(C)C)no1. The molecule has 0 spiro atoms. The van der Waals surface area contributed by atoms with E-state index in [0.717, 1.165) is 23.9 Å². The Morgan fingerprint density at radius 2 is 1.85 bits per heavy atom. The lowest BCUT2D eigenvalue weighted by Crippen LogP contribution is -2.38. The van der Waals surface area contributed by atoms with Gasteiger partial charge in [0.25, 0.3) is 0 Å². The molecule has 2 aromatic heterocycles. The van der Waals surface area contributed by atoms with Gasteiger partial charge in [0, 0.05) is 24.6 Å². The molecule has 2 heterocycles. The number of carbonyl (C=O) groups excluding carboxylic acids is 1. The topological polar surface area (TPSA) is 95.0 Å². The normalized spacial score (nSPS) is 12.4. The Kier molecular flexibility index (Phi) is 6.44. The monoisotopic (exact) mass is 447 g/mol. The highest BCUT2D eigenvalue weighted by molar-refractivity contribution is 5.84. The van der Waals surface area contributed by atoms with Gasteiger partial charge in [0.05, 0.1) is 11.0 Å². The number of benzene rings is 2. The second-order valence-electron chi connectivity index (χ2n) is 8.67. The van der Waals surface area contributed by atoms with E-state index in [1.165, 1.54) is 10.1 Å². The third kappa shape index (κ3) is 4.89. The highest BCUT2D eigenvalue weighted by Gasteiger charge is 2.19. The summed E-state index contributed by atoms with van der Waals surface area (Å²) < 4.78 is 8.31. The number of hydrogen-bond acceptors (Lipinski definition) is 5. The van der Waals surface area contributed by atoms with Gasteiger partial charge in [-0.15, -0.1) is 0 Å². The molecule has 0 radical (unpaired) electrons. The van der Waals surface area contributed by atoms with Crippen molar-refractivity contribution in [3.63, 3.8) is 0 Å². The summed E-state index contributed by atoms with van der Waals surface area (Å²) in [4.78, 5) is 30.3. The van der Waals surface area contributed by atoms with E-state index >= 15 is 0 Å². The molecule has 4 rings (SSSR count). The molecular formula is C25H29N5O3. The first-order valence-corrected chi connectivity index (χ1v) is 11.2. The summed E-state index contributed by atoms with van der Waals surface area (Å²) in [6.07, 6.45) is 1.70. The lowest BCUT2D eigenvalue weighted by molar-refractivity contribution is -0.122. The molecule has 0 saturated heterocycles. The average molecular weight is 448 g/mol. The summed E-state index contributed by atoms with van der Waals surface area (Å²) in [7, 11) is 0. The molecule has 0 bridgehead atoms. The number of aryl methyl sites for hydroxylation is 2. The predicted octanol–water partition coefficient (Wildman–Crippen LogP) is 3.88. The van der Waals surface area contributed by atoms with Crippen molar-refractivity contribution in [1.29, 1.82) is 0 Å². The first kappa shape index (κ1) is 22.5. The number of imidazole rings is 1. The molecule has 1 atom stereocenters. The molecule has 8 nitrogen and oxygen atoms in total. The van der Waals surface area contributed by atoms with Crippen LogP contribution in [0.4, 0.5) is 0 Å². The first-order chi connectivity index (χ1) is 15.8. The van der Waals surface area contributed by atoms with Gasteiger partial charge in [-0.25, -0.2) is 4.79 Å². The van der Waals surface area contributed by atoms with Gasteiger partial charge in [0.15, 0.2) is 0 Å². The van der Waals surface area contributed by atoms with Crippen molar-refractivity contribution >= 4 is 16.9 Å². The zero-order valence-electron chi connectivity index (χ0n) is 19.4. The smallest absolute Gasteiger partial charge is 0.329 e. The van der Waals surface area contributed by atoms with E-state index in [1.54, 1.807) is 11.5 Å². The second kappa shape index (κ2) is 9.44. The zero-order chi connectivity index (χ0) is 23.5. The van der Waals surface area contributed by atoms with Crippen molar-refractivity contribution in [3.05, 3.63) is 70.5 Å². The van der Waals surface area contributed by atoms with Crippen molar-refractivity contribution in [2.24, 2.45) is 0 Å². The first-order valence-electron chi connectivity index (χ1n) is 11.2. The summed E-state index contributed by atoms with van der Waals surface area (Å²) in [5, 5.41) is 7.00. The summed E-state index contributed by atoms with van der Waals surface area (Å²) in [6.45, 7) is 7.56. The van der Waals surface area contributed by atoms with Crippen molar-refractivity contribution < 1.29 is 9.32 Å². The Morgan fingerprint density at radius 1 is 1.09 bits per heavy atom. The lowest BCUT2D eigenvalue weighted by atomic mass is 10.1. The molecule has 8 heteroatoms. The molecule has 0 saturated carbocycles. The van der Waals surface area contributed by atoms with E-state index in [4.69, 9.17) is 4.52 Å². The quantitative estimate of drug-likeness (QED) is 0.442. The Labute approximate surface area is 192 Å².